The summed E-state index contributed by atoms with van der Waals surface area (Å²) in [6, 6.07) is 7.60. The minimum atomic E-state index is -4.43. The molecule has 0 unspecified atom stereocenters. The van der Waals surface area contributed by atoms with Gasteiger partial charge in [0.25, 0.3) is 0 Å². The van der Waals surface area contributed by atoms with Crippen LogP contribution < -0.4 is 10.6 Å². The Balaban J connectivity index is 1.89. The maximum atomic E-state index is 12.5. The van der Waals surface area contributed by atoms with Gasteiger partial charge in [-0.1, -0.05) is 6.07 Å². The number of carbonyl (C=O) groups is 1. The summed E-state index contributed by atoms with van der Waals surface area (Å²) in [6.45, 7) is 1.73. The lowest BCUT2D eigenvalue weighted by molar-refractivity contribution is -0.137. The Kier molecular flexibility index (Phi) is 5.41. The highest BCUT2D eigenvalue weighted by molar-refractivity contribution is 5.89. The number of anilines is 1. The average Bonchev–Trinajstić information content (AvgIpc) is 2.50. The second-order valence-corrected chi connectivity index (χ2v) is 5.60. The number of aromatic hydroxyl groups is 2. The van der Waals surface area contributed by atoms with Crippen molar-refractivity contribution >= 4 is 11.7 Å². The van der Waals surface area contributed by atoms with E-state index in [2.05, 4.69) is 10.6 Å². The van der Waals surface area contributed by atoms with Crippen molar-refractivity contribution in [2.75, 3.05) is 5.32 Å². The predicted molar refractivity (Wildman–Crippen MR) is 86.5 cm³/mol. The number of nitrogens with one attached hydrogen (secondary N) is 2. The first-order chi connectivity index (χ1) is 11.6. The molecule has 0 aliphatic carbocycles. The molecule has 0 heterocycles. The molecule has 25 heavy (non-hydrogen) atoms. The van der Waals surface area contributed by atoms with Crippen molar-refractivity contribution in [2.45, 2.75) is 25.6 Å². The van der Waals surface area contributed by atoms with Gasteiger partial charge < -0.3 is 20.8 Å². The SMILES string of the molecule is C[C@H](Cc1ccc(O)c(O)c1)NC(=O)Nc1ccc(C(F)(F)F)cc1. The minimum absolute atomic E-state index is 0.232. The summed E-state index contributed by atoms with van der Waals surface area (Å²) in [4.78, 5) is 11.9. The second-order valence-electron chi connectivity index (χ2n) is 5.60. The molecule has 0 spiro atoms. The highest BCUT2D eigenvalue weighted by Gasteiger charge is 2.29. The van der Waals surface area contributed by atoms with E-state index in [0.717, 1.165) is 12.1 Å². The molecule has 2 amide bonds. The number of hydrogen-bond donors (Lipinski definition) is 4. The molecule has 5 nitrogen and oxygen atoms in total. The lowest BCUT2D eigenvalue weighted by Crippen LogP contribution is -2.37. The lowest BCUT2D eigenvalue weighted by atomic mass is 10.1. The van der Waals surface area contributed by atoms with Gasteiger partial charge in [0.2, 0.25) is 0 Å². The smallest absolute Gasteiger partial charge is 0.416 e. The van der Waals surface area contributed by atoms with E-state index in [1.54, 1.807) is 13.0 Å². The van der Waals surface area contributed by atoms with Gasteiger partial charge in [-0.15, -0.1) is 0 Å². The van der Waals surface area contributed by atoms with Gasteiger partial charge in [0.1, 0.15) is 0 Å². The lowest BCUT2D eigenvalue weighted by Gasteiger charge is -2.15. The van der Waals surface area contributed by atoms with Crippen molar-refractivity contribution in [2.24, 2.45) is 0 Å². The Morgan fingerprint density at radius 2 is 1.72 bits per heavy atom. The molecule has 0 radical (unpaired) electrons. The Hall–Kier alpha value is -2.90. The van der Waals surface area contributed by atoms with Crippen molar-refractivity contribution in [3.63, 3.8) is 0 Å². The molecule has 0 bridgehead atoms. The molecule has 0 aromatic heterocycles. The van der Waals surface area contributed by atoms with E-state index < -0.39 is 17.8 Å². The van der Waals surface area contributed by atoms with Gasteiger partial charge in [-0.05, 0) is 55.3 Å². The Morgan fingerprint density at radius 3 is 2.28 bits per heavy atom. The van der Waals surface area contributed by atoms with Crippen LogP contribution >= 0.6 is 0 Å². The molecule has 2 aromatic carbocycles. The van der Waals surface area contributed by atoms with Crippen LogP contribution in [0.15, 0.2) is 42.5 Å². The van der Waals surface area contributed by atoms with E-state index in [1.807, 2.05) is 0 Å². The van der Waals surface area contributed by atoms with Crippen molar-refractivity contribution in [3.05, 3.63) is 53.6 Å². The molecule has 0 aliphatic rings. The van der Waals surface area contributed by atoms with Gasteiger partial charge in [-0.2, -0.15) is 13.2 Å². The average molecular weight is 354 g/mol. The first-order valence-electron chi connectivity index (χ1n) is 7.41. The third-order valence-corrected chi connectivity index (χ3v) is 3.43. The van der Waals surface area contributed by atoms with E-state index in [0.29, 0.717) is 12.0 Å². The highest BCUT2D eigenvalue weighted by Crippen LogP contribution is 2.29. The fourth-order valence-electron chi connectivity index (χ4n) is 2.23. The third-order valence-electron chi connectivity index (χ3n) is 3.43. The first kappa shape index (κ1) is 18.4. The van der Waals surface area contributed by atoms with E-state index in [4.69, 9.17) is 0 Å². The van der Waals surface area contributed by atoms with Crippen LogP contribution in [-0.2, 0) is 12.6 Å². The summed E-state index contributed by atoms with van der Waals surface area (Å²) >= 11 is 0. The molecule has 4 N–H and O–H groups in total. The summed E-state index contributed by atoms with van der Waals surface area (Å²) in [5.74, 6) is -0.483. The van der Waals surface area contributed by atoms with E-state index in [-0.39, 0.29) is 23.2 Å². The maximum absolute atomic E-state index is 12.5. The van der Waals surface area contributed by atoms with Crippen LogP contribution in [-0.4, -0.2) is 22.3 Å². The number of rotatable bonds is 4. The van der Waals surface area contributed by atoms with Crippen molar-refractivity contribution < 1.29 is 28.2 Å². The number of amides is 2. The van der Waals surface area contributed by atoms with Gasteiger partial charge in [-0.3, -0.25) is 0 Å². The summed E-state index contributed by atoms with van der Waals surface area (Å²) in [5, 5.41) is 23.8. The van der Waals surface area contributed by atoms with Crippen LogP contribution in [0.3, 0.4) is 0 Å². The molecule has 0 fully saturated rings. The van der Waals surface area contributed by atoms with Crippen LogP contribution in [0.5, 0.6) is 11.5 Å². The summed E-state index contributed by atoms with van der Waals surface area (Å²) in [7, 11) is 0. The van der Waals surface area contributed by atoms with Gasteiger partial charge >= 0.3 is 12.2 Å². The fourth-order valence-corrected chi connectivity index (χ4v) is 2.23. The van der Waals surface area contributed by atoms with E-state index in [1.165, 1.54) is 24.3 Å². The van der Waals surface area contributed by atoms with E-state index in [9.17, 15) is 28.2 Å². The number of phenols is 2. The van der Waals surface area contributed by atoms with Crippen LogP contribution in [0.1, 0.15) is 18.1 Å². The zero-order valence-corrected chi connectivity index (χ0v) is 13.3. The van der Waals surface area contributed by atoms with Crippen molar-refractivity contribution in [1.82, 2.24) is 5.32 Å². The zero-order valence-electron chi connectivity index (χ0n) is 13.3. The molecule has 134 valence electrons. The van der Waals surface area contributed by atoms with Crippen molar-refractivity contribution in [3.8, 4) is 11.5 Å². The van der Waals surface area contributed by atoms with Gasteiger partial charge in [-0.25, -0.2) is 4.79 Å². The first-order valence-corrected chi connectivity index (χ1v) is 7.41. The Labute approximate surface area is 142 Å². The molecule has 2 rings (SSSR count). The minimum Gasteiger partial charge on any atom is -0.504 e. The fraction of sp³-hybridized carbons (Fsp3) is 0.235. The molecule has 0 saturated heterocycles. The standard InChI is InChI=1S/C17H17F3N2O3/c1-10(8-11-2-7-14(23)15(24)9-11)21-16(25)22-13-5-3-12(4-6-13)17(18,19)20/h2-7,9-10,23-24H,8H2,1H3,(H2,21,22,25)/t10-/m1/s1. The number of phenolic OH excluding ortho intramolecular Hbond substituents is 2. The zero-order chi connectivity index (χ0) is 18.6. The Morgan fingerprint density at radius 1 is 1.08 bits per heavy atom. The number of alkyl halides is 3. The van der Waals surface area contributed by atoms with Gasteiger partial charge in [0, 0.05) is 11.7 Å². The van der Waals surface area contributed by atoms with Crippen molar-refractivity contribution in [1.29, 1.82) is 0 Å². The van der Waals surface area contributed by atoms with Crippen LogP contribution in [0.25, 0.3) is 0 Å². The Bertz CT molecular complexity index is 746. The summed E-state index contributed by atoms with van der Waals surface area (Å²) in [6.07, 6.45) is -4.03. The highest BCUT2D eigenvalue weighted by atomic mass is 19.4. The normalized spacial score (nSPS) is 12.5. The summed E-state index contributed by atoms with van der Waals surface area (Å²) in [5.41, 5.74) is 0.150. The van der Waals surface area contributed by atoms with Crippen LogP contribution in [0, 0.1) is 0 Å². The number of urea groups is 1. The third kappa shape index (κ3) is 5.30. The summed E-state index contributed by atoms with van der Waals surface area (Å²) < 4.78 is 37.4. The molecule has 1 atom stereocenters. The predicted octanol–water partition coefficient (Wildman–Crippen LogP) is 3.87. The van der Waals surface area contributed by atoms with Gasteiger partial charge in [0.15, 0.2) is 11.5 Å². The monoisotopic (exact) mass is 354 g/mol. The molecule has 8 heteroatoms. The largest absolute Gasteiger partial charge is 0.504 e. The second kappa shape index (κ2) is 7.33. The van der Waals surface area contributed by atoms with Gasteiger partial charge in [0.05, 0.1) is 5.56 Å². The van der Waals surface area contributed by atoms with Crippen LogP contribution in [0.2, 0.25) is 0 Å². The number of hydrogen-bond acceptors (Lipinski definition) is 3. The maximum Gasteiger partial charge on any atom is 0.416 e. The molecule has 0 aliphatic heterocycles. The number of benzene rings is 2. The van der Waals surface area contributed by atoms with Crippen LogP contribution in [0.4, 0.5) is 23.7 Å². The number of carbonyl (C=O) groups excluding carboxylic acids is 1. The topological polar surface area (TPSA) is 81.6 Å². The molecule has 0 saturated carbocycles. The molecular formula is C17H17F3N2O3. The number of halogens is 3. The van der Waals surface area contributed by atoms with E-state index >= 15 is 0 Å². The quantitative estimate of drug-likeness (QED) is 0.629. The molecular weight excluding hydrogens is 337 g/mol. The molecule has 2 aromatic rings.